The lowest BCUT2D eigenvalue weighted by atomic mass is 10.2. The van der Waals surface area contributed by atoms with Crippen molar-refractivity contribution in [1.82, 2.24) is 0 Å². The normalized spacial score (nSPS) is 13.6. The van der Waals surface area contributed by atoms with Crippen molar-refractivity contribution in [2.24, 2.45) is 0 Å². The van der Waals surface area contributed by atoms with Gasteiger partial charge in [-0.3, -0.25) is 0 Å². The summed E-state index contributed by atoms with van der Waals surface area (Å²) in [5.74, 6) is 0. The van der Waals surface area contributed by atoms with Crippen molar-refractivity contribution in [2.75, 3.05) is 11.9 Å². The second-order valence-electron chi connectivity index (χ2n) is 3.57. The van der Waals surface area contributed by atoms with Gasteiger partial charge in [-0.1, -0.05) is 0 Å². The van der Waals surface area contributed by atoms with Crippen LogP contribution < -0.4 is 5.32 Å². The van der Waals surface area contributed by atoms with Crippen LogP contribution in [0.5, 0.6) is 0 Å². The predicted molar refractivity (Wildman–Crippen MR) is 59.9 cm³/mol. The highest BCUT2D eigenvalue weighted by Gasteiger charge is 2.29. The van der Waals surface area contributed by atoms with Crippen molar-refractivity contribution < 1.29 is 13.2 Å². The Morgan fingerprint density at radius 3 is 2.25 bits per heavy atom. The van der Waals surface area contributed by atoms with E-state index in [0.29, 0.717) is 12.2 Å². The molecule has 0 aromatic heterocycles. The number of nitrogens with one attached hydrogen (secondary N) is 1. The van der Waals surface area contributed by atoms with Crippen LogP contribution in [0.15, 0.2) is 24.3 Å². The minimum absolute atomic E-state index is 0.0574. The molecule has 1 aromatic rings. The fourth-order valence-corrected chi connectivity index (χ4v) is 1.30. The molecule has 0 spiro atoms. The van der Waals surface area contributed by atoms with Crippen molar-refractivity contribution in [3.8, 4) is 0 Å². The van der Waals surface area contributed by atoms with Crippen LogP contribution in [0.4, 0.5) is 18.9 Å². The summed E-state index contributed by atoms with van der Waals surface area (Å²) < 4.78 is 36.7. The molecule has 0 aliphatic heterocycles. The Labute approximate surface area is 97.6 Å². The lowest BCUT2D eigenvalue weighted by molar-refractivity contribution is -0.137. The van der Waals surface area contributed by atoms with E-state index in [1.807, 2.05) is 6.92 Å². The van der Waals surface area contributed by atoms with Gasteiger partial charge in [0.05, 0.1) is 5.56 Å². The third-order valence-electron chi connectivity index (χ3n) is 2.08. The Morgan fingerprint density at radius 2 is 1.81 bits per heavy atom. The van der Waals surface area contributed by atoms with Gasteiger partial charge in [-0.15, -0.1) is 11.6 Å². The third-order valence-corrected chi connectivity index (χ3v) is 2.30. The molecule has 0 amide bonds. The molecule has 0 saturated carbocycles. The molecular weight excluding hydrogens is 239 g/mol. The van der Waals surface area contributed by atoms with Crippen molar-refractivity contribution in [1.29, 1.82) is 0 Å². The molecule has 1 nitrogen and oxygen atoms in total. The summed E-state index contributed by atoms with van der Waals surface area (Å²) in [6, 6.07) is 4.96. The highest BCUT2D eigenvalue weighted by atomic mass is 35.5. The predicted octanol–water partition coefficient (Wildman–Crippen LogP) is 4.13. The van der Waals surface area contributed by atoms with Crippen LogP contribution in [-0.2, 0) is 6.18 Å². The van der Waals surface area contributed by atoms with Gasteiger partial charge in [0, 0.05) is 17.6 Å². The number of anilines is 1. The molecule has 0 bridgehead atoms. The largest absolute Gasteiger partial charge is 0.416 e. The van der Waals surface area contributed by atoms with Crippen LogP contribution in [0.25, 0.3) is 0 Å². The van der Waals surface area contributed by atoms with Gasteiger partial charge in [-0.2, -0.15) is 13.2 Å². The first kappa shape index (κ1) is 13.2. The van der Waals surface area contributed by atoms with E-state index in [0.717, 1.165) is 18.6 Å². The number of alkyl halides is 4. The monoisotopic (exact) mass is 251 g/mol. The smallest absolute Gasteiger partial charge is 0.385 e. The average Bonchev–Trinajstić information content (AvgIpc) is 2.16. The van der Waals surface area contributed by atoms with E-state index in [1.54, 1.807) is 0 Å². The van der Waals surface area contributed by atoms with Crippen LogP contribution in [0.1, 0.15) is 18.9 Å². The summed E-state index contributed by atoms with van der Waals surface area (Å²) in [6.07, 6.45) is -3.51. The van der Waals surface area contributed by atoms with E-state index < -0.39 is 11.7 Å². The van der Waals surface area contributed by atoms with E-state index in [2.05, 4.69) is 5.32 Å². The van der Waals surface area contributed by atoms with E-state index in [1.165, 1.54) is 12.1 Å². The van der Waals surface area contributed by atoms with Crippen LogP contribution in [0.2, 0.25) is 0 Å². The second kappa shape index (κ2) is 5.43. The van der Waals surface area contributed by atoms with Gasteiger partial charge in [-0.25, -0.2) is 0 Å². The van der Waals surface area contributed by atoms with E-state index in [-0.39, 0.29) is 5.38 Å². The van der Waals surface area contributed by atoms with Crippen LogP contribution in [-0.4, -0.2) is 11.9 Å². The van der Waals surface area contributed by atoms with Gasteiger partial charge < -0.3 is 5.32 Å². The molecule has 1 rings (SSSR count). The molecule has 0 heterocycles. The molecule has 5 heteroatoms. The molecule has 1 unspecified atom stereocenters. The Kier molecular flexibility index (Phi) is 4.47. The van der Waals surface area contributed by atoms with Crippen molar-refractivity contribution >= 4 is 17.3 Å². The first-order chi connectivity index (χ1) is 7.39. The van der Waals surface area contributed by atoms with Crippen LogP contribution >= 0.6 is 11.6 Å². The lowest BCUT2D eigenvalue weighted by Gasteiger charge is -2.09. The van der Waals surface area contributed by atoms with E-state index >= 15 is 0 Å². The number of halogens is 4. The first-order valence-electron chi connectivity index (χ1n) is 4.95. The third kappa shape index (κ3) is 4.31. The zero-order chi connectivity index (χ0) is 12.2. The van der Waals surface area contributed by atoms with Gasteiger partial charge in [0.1, 0.15) is 0 Å². The molecule has 0 aliphatic rings. The maximum Gasteiger partial charge on any atom is 0.416 e. The average molecular weight is 252 g/mol. The number of hydrogen-bond donors (Lipinski definition) is 1. The highest BCUT2D eigenvalue weighted by Crippen LogP contribution is 2.29. The highest BCUT2D eigenvalue weighted by molar-refractivity contribution is 6.20. The summed E-state index contributed by atoms with van der Waals surface area (Å²) in [6.45, 7) is 2.52. The van der Waals surface area contributed by atoms with Gasteiger partial charge in [0.15, 0.2) is 0 Å². The maximum absolute atomic E-state index is 12.2. The number of hydrogen-bond acceptors (Lipinski definition) is 1. The van der Waals surface area contributed by atoms with Crippen LogP contribution in [0, 0.1) is 0 Å². The molecule has 1 atom stereocenters. The quantitative estimate of drug-likeness (QED) is 0.794. The van der Waals surface area contributed by atoms with Crippen molar-refractivity contribution in [3.63, 3.8) is 0 Å². The molecule has 0 radical (unpaired) electrons. The Bertz CT molecular complexity index is 319. The van der Waals surface area contributed by atoms with Gasteiger partial charge in [0.25, 0.3) is 0 Å². The van der Waals surface area contributed by atoms with Crippen molar-refractivity contribution in [3.05, 3.63) is 29.8 Å². The fraction of sp³-hybridized carbons (Fsp3) is 0.455. The van der Waals surface area contributed by atoms with Gasteiger partial charge >= 0.3 is 6.18 Å². The summed E-state index contributed by atoms with van der Waals surface area (Å²) in [5.41, 5.74) is 0.0362. The second-order valence-corrected chi connectivity index (χ2v) is 4.32. The number of rotatable bonds is 4. The molecule has 1 aromatic carbocycles. The molecule has 0 fully saturated rings. The topological polar surface area (TPSA) is 12.0 Å². The summed E-state index contributed by atoms with van der Waals surface area (Å²) in [7, 11) is 0. The maximum atomic E-state index is 12.2. The van der Waals surface area contributed by atoms with Gasteiger partial charge in [0.2, 0.25) is 0 Å². The van der Waals surface area contributed by atoms with E-state index in [9.17, 15) is 13.2 Å². The molecular formula is C11H13ClF3N. The number of benzene rings is 1. The molecule has 90 valence electrons. The standard InChI is InChI=1S/C11H13ClF3N/c1-8(12)6-7-16-10-4-2-9(3-5-10)11(13,14)15/h2-5,8,16H,6-7H2,1H3. The molecule has 16 heavy (non-hydrogen) atoms. The Morgan fingerprint density at radius 1 is 1.25 bits per heavy atom. The minimum Gasteiger partial charge on any atom is -0.385 e. The zero-order valence-corrected chi connectivity index (χ0v) is 9.57. The fourth-order valence-electron chi connectivity index (χ4n) is 1.19. The lowest BCUT2D eigenvalue weighted by Crippen LogP contribution is -2.07. The summed E-state index contributed by atoms with van der Waals surface area (Å²) in [5, 5.41) is 3.06. The zero-order valence-electron chi connectivity index (χ0n) is 8.81. The SMILES string of the molecule is CC(Cl)CCNc1ccc(C(F)(F)F)cc1. The van der Waals surface area contributed by atoms with Crippen molar-refractivity contribution in [2.45, 2.75) is 24.9 Å². The minimum atomic E-state index is -4.27. The van der Waals surface area contributed by atoms with E-state index in [4.69, 9.17) is 11.6 Å². The molecule has 0 aliphatic carbocycles. The van der Waals surface area contributed by atoms with Crippen LogP contribution in [0.3, 0.4) is 0 Å². The first-order valence-corrected chi connectivity index (χ1v) is 5.38. The molecule has 1 N–H and O–H groups in total. The summed E-state index contributed by atoms with van der Waals surface area (Å²) >= 11 is 5.74. The summed E-state index contributed by atoms with van der Waals surface area (Å²) in [4.78, 5) is 0. The Hall–Kier alpha value is -0.900. The Balaban J connectivity index is 2.52. The van der Waals surface area contributed by atoms with Gasteiger partial charge in [-0.05, 0) is 37.6 Å². The molecule has 0 saturated heterocycles.